The molecule has 0 unspecified atom stereocenters. The third kappa shape index (κ3) is 3.62. The van der Waals surface area contributed by atoms with Crippen LogP contribution in [0.5, 0.6) is 5.75 Å². The highest BCUT2D eigenvalue weighted by Gasteiger charge is 2.16. The van der Waals surface area contributed by atoms with Gasteiger partial charge in [0.2, 0.25) is 0 Å². The van der Waals surface area contributed by atoms with E-state index in [2.05, 4.69) is 12.0 Å². The van der Waals surface area contributed by atoms with Gasteiger partial charge in [-0.3, -0.25) is 4.79 Å². The number of nitrogens with zero attached hydrogens (tertiary/aromatic N) is 2. The summed E-state index contributed by atoms with van der Waals surface area (Å²) < 4.78 is 6.88. The number of halogens is 2. The second kappa shape index (κ2) is 7.16. The summed E-state index contributed by atoms with van der Waals surface area (Å²) in [5.74, 6) is 0.198. The zero-order chi connectivity index (χ0) is 16.3. The number of hydrogen-bond donors (Lipinski definition) is 0. The molecule has 4 nitrogen and oxygen atoms in total. The zero-order valence-electron chi connectivity index (χ0n) is 12.8. The van der Waals surface area contributed by atoms with E-state index in [0.29, 0.717) is 15.8 Å². The largest absolute Gasteiger partial charge is 0.482 e. The van der Waals surface area contributed by atoms with Crippen molar-refractivity contribution in [3.8, 4) is 5.75 Å². The smallest absolute Gasteiger partial charge is 0.284 e. The van der Waals surface area contributed by atoms with Gasteiger partial charge >= 0.3 is 0 Å². The van der Waals surface area contributed by atoms with Crippen LogP contribution in [0.2, 0.25) is 10.0 Å². The molecule has 0 aliphatic rings. The van der Waals surface area contributed by atoms with E-state index < -0.39 is 0 Å². The third-order valence-corrected chi connectivity index (χ3v) is 3.95. The van der Waals surface area contributed by atoms with Gasteiger partial charge < -0.3 is 4.74 Å². The fourth-order valence-electron chi connectivity index (χ4n) is 2.32. The molecule has 1 heterocycles. The molecule has 0 fully saturated rings. The first-order valence-corrected chi connectivity index (χ1v) is 7.85. The van der Waals surface area contributed by atoms with Crippen molar-refractivity contribution in [2.24, 2.45) is 0 Å². The molecular weight excluding hydrogens is 323 g/mol. The van der Waals surface area contributed by atoms with Crippen LogP contribution in [0.4, 0.5) is 0 Å². The monoisotopic (exact) mass is 340 g/mol. The Bertz CT molecular complexity index is 696. The van der Waals surface area contributed by atoms with Crippen molar-refractivity contribution in [3.05, 3.63) is 45.2 Å². The fourth-order valence-corrected chi connectivity index (χ4v) is 2.79. The Morgan fingerprint density at radius 1 is 1.32 bits per heavy atom. The quantitative estimate of drug-likeness (QED) is 0.805. The Morgan fingerprint density at radius 2 is 2.05 bits per heavy atom. The highest BCUT2D eigenvalue weighted by atomic mass is 35.5. The molecule has 0 saturated carbocycles. The van der Waals surface area contributed by atoms with E-state index in [9.17, 15) is 4.79 Å². The van der Waals surface area contributed by atoms with Crippen LogP contribution in [0.25, 0.3) is 0 Å². The number of rotatable bonds is 5. The van der Waals surface area contributed by atoms with Crippen molar-refractivity contribution >= 4 is 29.1 Å². The lowest BCUT2D eigenvalue weighted by molar-refractivity contribution is 0.0818. The average molecular weight is 341 g/mol. The average Bonchev–Trinajstić information content (AvgIpc) is 2.74. The summed E-state index contributed by atoms with van der Waals surface area (Å²) in [7, 11) is 0. The van der Waals surface area contributed by atoms with Crippen molar-refractivity contribution in [2.45, 2.75) is 33.6 Å². The molecule has 0 atom stereocenters. The van der Waals surface area contributed by atoms with Gasteiger partial charge in [-0.05, 0) is 44.0 Å². The lowest BCUT2D eigenvalue weighted by Gasteiger charge is -2.08. The van der Waals surface area contributed by atoms with Gasteiger partial charge in [0.15, 0.2) is 6.61 Å². The van der Waals surface area contributed by atoms with Crippen LogP contribution in [0, 0.1) is 13.8 Å². The number of carbonyl (C=O) groups is 1. The molecule has 1 aromatic carbocycles. The Balaban J connectivity index is 2.11. The van der Waals surface area contributed by atoms with Crippen molar-refractivity contribution < 1.29 is 9.53 Å². The van der Waals surface area contributed by atoms with E-state index >= 15 is 0 Å². The number of aryl methyl sites for hydroxylation is 1. The summed E-state index contributed by atoms with van der Waals surface area (Å²) in [4.78, 5) is 12.3. The van der Waals surface area contributed by atoms with Gasteiger partial charge in [0.1, 0.15) is 5.75 Å². The van der Waals surface area contributed by atoms with Crippen molar-refractivity contribution in [1.82, 2.24) is 9.78 Å². The van der Waals surface area contributed by atoms with Crippen LogP contribution < -0.4 is 4.74 Å². The summed E-state index contributed by atoms with van der Waals surface area (Å²) >= 11 is 11.8. The number of aromatic nitrogens is 2. The molecule has 0 bridgehead atoms. The Kier molecular flexibility index (Phi) is 5.48. The SMILES string of the molecule is CCCc1c(C)nn(C(=O)COc2ccc(Cl)cc2Cl)c1C. The summed E-state index contributed by atoms with van der Waals surface area (Å²) in [5, 5.41) is 5.21. The lowest BCUT2D eigenvalue weighted by Crippen LogP contribution is -2.21. The topological polar surface area (TPSA) is 44.1 Å². The summed E-state index contributed by atoms with van der Waals surface area (Å²) in [6, 6.07) is 4.88. The molecule has 0 amide bonds. The van der Waals surface area contributed by atoms with Crippen molar-refractivity contribution in [2.75, 3.05) is 6.61 Å². The van der Waals surface area contributed by atoms with Crippen molar-refractivity contribution in [1.29, 1.82) is 0 Å². The maximum Gasteiger partial charge on any atom is 0.284 e. The minimum atomic E-state index is -0.228. The molecule has 2 rings (SSSR count). The standard InChI is InChI=1S/C16H18Cl2N2O2/c1-4-5-13-10(2)19-20(11(13)3)16(21)9-22-15-7-6-12(17)8-14(15)18/h6-8H,4-5,9H2,1-3H3. The Hall–Kier alpha value is -1.52. The molecule has 0 saturated heterocycles. The number of ether oxygens (including phenoxy) is 1. The van der Waals surface area contributed by atoms with E-state index in [0.717, 1.165) is 29.8 Å². The molecule has 6 heteroatoms. The van der Waals surface area contributed by atoms with Gasteiger partial charge in [-0.15, -0.1) is 0 Å². The van der Waals surface area contributed by atoms with E-state index in [1.807, 2.05) is 13.8 Å². The zero-order valence-corrected chi connectivity index (χ0v) is 14.3. The van der Waals surface area contributed by atoms with Gasteiger partial charge in [-0.25, -0.2) is 4.68 Å². The van der Waals surface area contributed by atoms with Crippen LogP contribution in [-0.2, 0) is 6.42 Å². The Morgan fingerprint density at radius 3 is 2.68 bits per heavy atom. The third-order valence-electron chi connectivity index (χ3n) is 3.42. The second-order valence-corrected chi connectivity index (χ2v) is 5.91. The summed E-state index contributed by atoms with van der Waals surface area (Å²) in [6.07, 6.45) is 1.92. The molecule has 2 aromatic rings. The first-order chi connectivity index (χ1) is 10.4. The Labute approximate surface area is 140 Å². The molecule has 0 radical (unpaired) electrons. The van der Waals surface area contributed by atoms with E-state index in [-0.39, 0.29) is 12.5 Å². The predicted octanol–water partition coefficient (Wildman–Crippen LogP) is 4.48. The first kappa shape index (κ1) is 16.8. The molecule has 118 valence electrons. The normalized spacial score (nSPS) is 10.8. The minimum absolute atomic E-state index is 0.130. The van der Waals surface area contributed by atoms with E-state index in [1.54, 1.807) is 18.2 Å². The summed E-state index contributed by atoms with van der Waals surface area (Å²) in [5.41, 5.74) is 2.88. The van der Waals surface area contributed by atoms with Crippen molar-refractivity contribution in [3.63, 3.8) is 0 Å². The lowest BCUT2D eigenvalue weighted by atomic mass is 10.1. The van der Waals surface area contributed by atoms with Crippen LogP contribution >= 0.6 is 23.2 Å². The highest BCUT2D eigenvalue weighted by molar-refractivity contribution is 6.35. The van der Waals surface area contributed by atoms with Crippen LogP contribution in [-0.4, -0.2) is 22.3 Å². The number of carbonyl (C=O) groups excluding carboxylic acids is 1. The highest BCUT2D eigenvalue weighted by Crippen LogP contribution is 2.27. The van der Waals surface area contributed by atoms with Crippen LogP contribution in [0.15, 0.2) is 18.2 Å². The van der Waals surface area contributed by atoms with E-state index in [1.165, 1.54) is 4.68 Å². The molecule has 1 aromatic heterocycles. The molecule has 0 N–H and O–H groups in total. The van der Waals surface area contributed by atoms with Gasteiger partial charge in [-0.1, -0.05) is 36.5 Å². The summed E-state index contributed by atoms with van der Waals surface area (Å²) in [6.45, 7) is 5.79. The van der Waals surface area contributed by atoms with Gasteiger partial charge in [-0.2, -0.15) is 5.10 Å². The van der Waals surface area contributed by atoms with Gasteiger partial charge in [0.25, 0.3) is 5.91 Å². The second-order valence-electron chi connectivity index (χ2n) is 5.07. The van der Waals surface area contributed by atoms with E-state index in [4.69, 9.17) is 27.9 Å². The van der Waals surface area contributed by atoms with Crippen LogP contribution in [0.3, 0.4) is 0 Å². The molecule has 0 spiro atoms. The fraction of sp³-hybridized carbons (Fsp3) is 0.375. The number of hydrogen-bond acceptors (Lipinski definition) is 3. The molecule has 0 aliphatic heterocycles. The molecule has 22 heavy (non-hydrogen) atoms. The minimum Gasteiger partial charge on any atom is -0.482 e. The molecule has 0 aliphatic carbocycles. The predicted molar refractivity (Wildman–Crippen MR) is 88.3 cm³/mol. The van der Waals surface area contributed by atoms with Crippen LogP contribution in [0.1, 0.15) is 35.1 Å². The first-order valence-electron chi connectivity index (χ1n) is 7.10. The number of benzene rings is 1. The maximum atomic E-state index is 12.3. The van der Waals surface area contributed by atoms with Gasteiger partial charge in [0, 0.05) is 10.7 Å². The van der Waals surface area contributed by atoms with Gasteiger partial charge in [0.05, 0.1) is 10.7 Å². The maximum absolute atomic E-state index is 12.3. The molecular formula is C16H18Cl2N2O2.